The Hall–Kier alpha value is -3.90. The topological polar surface area (TPSA) is 127 Å². The van der Waals surface area contributed by atoms with Gasteiger partial charge in [-0.05, 0) is 44.0 Å². The lowest BCUT2D eigenvalue weighted by molar-refractivity contribution is -0.384. The summed E-state index contributed by atoms with van der Waals surface area (Å²) >= 11 is 0. The number of hydrogen-bond acceptors (Lipinski definition) is 8. The fraction of sp³-hybridized carbons (Fsp3) is 0.370. The Labute approximate surface area is 227 Å². The molecule has 39 heavy (non-hydrogen) atoms. The smallest absolute Gasteiger partial charge is 0.269 e. The summed E-state index contributed by atoms with van der Waals surface area (Å²) < 4.78 is 30.0. The van der Waals surface area contributed by atoms with Crippen molar-refractivity contribution in [2.75, 3.05) is 31.1 Å². The predicted octanol–water partition coefficient (Wildman–Crippen LogP) is 4.28. The van der Waals surface area contributed by atoms with E-state index in [0.29, 0.717) is 26.1 Å². The van der Waals surface area contributed by atoms with Crippen molar-refractivity contribution in [3.8, 4) is 5.69 Å². The number of hydrogen-bond donors (Lipinski definition) is 0. The second-order valence-corrected chi connectivity index (χ2v) is 11.5. The fourth-order valence-corrected chi connectivity index (χ4v) is 6.33. The maximum atomic E-state index is 13.4. The number of non-ortho nitro benzene ring substituents is 1. The van der Waals surface area contributed by atoms with E-state index in [1.165, 1.54) is 28.6 Å². The Kier molecular flexibility index (Phi) is 7.58. The van der Waals surface area contributed by atoms with Crippen LogP contribution in [-0.4, -0.2) is 63.6 Å². The van der Waals surface area contributed by atoms with E-state index in [1.807, 2.05) is 41.9 Å². The average Bonchev–Trinajstić information content (AvgIpc) is 3.11. The molecule has 4 aromatic rings. The maximum absolute atomic E-state index is 13.4. The first-order chi connectivity index (χ1) is 18.8. The number of nitro groups is 1. The van der Waals surface area contributed by atoms with Crippen molar-refractivity contribution in [3.05, 3.63) is 76.2 Å². The number of sulfonamides is 1. The first-order valence-corrected chi connectivity index (χ1v) is 14.5. The molecule has 1 aliphatic rings. The van der Waals surface area contributed by atoms with Crippen LogP contribution in [0, 0.1) is 17.0 Å². The number of aryl methyl sites for hydroxylation is 2. The number of rotatable bonds is 8. The highest BCUT2D eigenvalue weighted by Gasteiger charge is 2.29. The minimum Gasteiger partial charge on any atom is -0.355 e. The quantitative estimate of drug-likeness (QED) is 0.235. The van der Waals surface area contributed by atoms with E-state index in [2.05, 4.69) is 11.8 Å². The molecule has 1 aliphatic heterocycles. The molecule has 0 bridgehead atoms. The van der Waals surface area contributed by atoms with Crippen molar-refractivity contribution in [1.82, 2.24) is 24.1 Å². The molecule has 12 heteroatoms. The summed E-state index contributed by atoms with van der Waals surface area (Å²) in [5, 5.41) is 16.7. The Morgan fingerprint density at radius 3 is 2.41 bits per heavy atom. The Bertz CT molecular complexity index is 1590. The molecule has 0 aliphatic carbocycles. The van der Waals surface area contributed by atoms with Crippen LogP contribution in [0.3, 0.4) is 0 Å². The molecule has 0 spiro atoms. The summed E-state index contributed by atoms with van der Waals surface area (Å²) in [5.74, 6) is 1.52. The zero-order valence-corrected chi connectivity index (χ0v) is 22.8. The normalized spacial score (nSPS) is 15.0. The SMILES string of the molecule is CCCCc1nc(N2CCCN(S(=O)(=O)c3ccc([N+](=O)[O-])cc3)CC2)c2c(C)nn(-c3ccccc3)c2n1. The average molecular weight is 550 g/mol. The van der Waals surface area contributed by atoms with Crippen LogP contribution >= 0.6 is 0 Å². The monoisotopic (exact) mass is 549 g/mol. The summed E-state index contributed by atoms with van der Waals surface area (Å²) in [5.41, 5.74) is 2.33. The largest absolute Gasteiger partial charge is 0.355 e. The van der Waals surface area contributed by atoms with E-state index in [0.717, 1.165) is 53.3 Å². The van der Waals surface area contributed by atoms with E-state index >= 15 is 0 Å². The molecule has 0 saturated carbocycles. The van der Waals surface area contributed by atoms with Crippen molar-refractivity contribution in [1.29, 1.82) is 0 Å². The van der Waals surface area contributed by atoms with E-state index in [4.69, 9.17) is 15.1 Å². The second-order valence-electron chi connectivity index (χ2n) is 9.59. The highest BCUT2D eigenvalue weighted by molar-refractivity contribution is 7.89. The number of benzene rings is 2. The van der Waals surface area contributed by atoms with Gasteiger partial charge in [0.2, 0.25) is 10.0 Å². The van der Waals surface area contributed by atoms with Crippen LogP contribution in [0.25, 0.3) is 16.7 Å². The predicted molar refractivity (Wildman–Crippen MR) is 149 cm³/mol. The number of unbranched alkanes of at least 4 members (excludes halogenated alkanes) is 1. The van der Waals surface area contributed by atoms with Crippen LogP contribution in [0.1, 0.15) is 37.7 Å². The molecule has 3 heterocycles. The lowest BCUT2D eigenvalue weighted by Crippen LogP contribution is -2.35. The maximum Gasteiger partial charge on any atom is 0.269 e. The third kappa shape index (κ3) is 5.34. The molecule has 2 aromatic heterocycles. The summed E-state index contributed by atoms with van der Waals surface area (Å²) in [6, 6.07) is 14.9. The van der Waals surface area contributed by atoms with E-state index < -0.39 is 14.9 Å². The van der Waals surface area contributed by atoms with Crippen LogP contribution in [0.5, 0.6) is 0 Å². The van der Waals surface area contributed by atoms with Crippen molar-refractivity contribution in [2.45, 2.75) is 44.4 Å². The van der Waals surface area contributed by atoms with Crippen molar-refractivity contribution in [3.63, 3.8) is 0 Å². The molecule has 0 atom stereocenters. The van der Waals surface area contributed by atoms with Crippen LogP contribution in [0.15, 0.2) is 59.5 Å². The molecule has 2 aromatic carbocycles. The Morgan fingerprint density at radius 1 is 0.974 bits per heavy atom. The third-order valence-electron chi connectivity index (χ3n) is 6.92. The molecule has 1 saturated heterocycles. The fourth-order valence-electron chi connectivity index (χ4n) is 4.87. The summed E-state index contributed by atoms with van der Waals surface area (Å²) in [6.45, 7) is 5.76. The standard InChI is InChI=1S/C27H31N7O4S/c1-3-4-11-24-28-26(25-20(2)30-33(27(25)29-24)21-9-6-5-7-10-21)31-16-8-17-32(19-18-31)39(37,38)23-14-12-22(13-15-23)34(35)36/h5-7,9-10,12-15H,3-4,8,11,16-19H2,1-2H3. The minimum atomic E-state index is -3.80. The highest BCUT2D eigenvalue weighted by Crippen LogP contribution is 2.31. The summed E-state index contributed by atoms with van der Waals surface area (Å²) in [7, 11) is -3.80. The summed E-state index contributed by atoms with van der Waals surface area (Å²) in [4.78, 5) is 22.5. The Balaban J connectivity index is 1.48. The van der Waals surface area contributed by atoms with Crippen molar-refractivity contribution >= 4 is 32.6 Å². The van der Waals surface area contributed by atoms with Gasteiger partial charge in [-0.25, -0.2) is 23.1 Å². The van der Waals surface area contributed by atoms with Gasteiger partial charge in [-0.3, -0.25) is 10.1 Å². The number of anilines is 1. The molecule has 1 fully saturated rings. The van der Waals surface area contributed by atoms with E-state index in [-0.39, 0.29) is 17.1 Å². The lowest BCUT2D eigenvalue weighted by atomic mass is 10.2. The lowest BCUT2D eigenvalue weighted by Gasteiger charge is -2.24. The van der Waals surface area contributed by atoms with Crippen LogP contribution < -0.4 is 4.90 Å². The van der Waals surface area contributed by atoms with Gasteiger partial charge < -0.3 is 4.90 Å². The van der Waals surface area contributed by atoms with Gasteiger partial charge >= 0.3 is 0 Å². The van der Waals surface area contributed by atoms with Gasteiger partial charge in [0.1, 0.15) is 11.6 Å². The molecule has 204 valence electrons. The van der Waals surface area contributed by atoms with Gasteiger partial charge in [0, 0.05) is 44.7 Å². The van der Waals surface area contributed by atoms with Gasteiger partial charge in [0.05, 0.1) is 26.6 Å². The minimum absolute atomic E-state index is 0.0489. The molecule has 0 radical (unpaired) electrons. The van der Waals surface area contributed by atoms with Crippen molar-refractivity contribution in [2.24, 2.45) is 0 Å². The first kappa shape index (κ1) is 26.7. The van der Waals surface area contributed by atoms with E-state index in [9.17, 15) is 18.5 Å². The van der Waals surface area contributed by atoms with Crippen molar-refractivity contribution < 1.29 is 13.3 Å². The molecule has 0 N–H and O–H groups in total. The molecular weight excluding hydrogens is 518 g/mol. The Morgan fingerprint density at radius 2 is 1.72 bits per heavy atom. The van der Waals surface area contributed by atoms with Gasteiger partial charge in [-0.1, -0.05) is 31.5 Å². The highest BCUT2D eigenvalue weighted by atomic mass is 32.2. The zero-order valence-electron chi connectivity index (χ0n) is 22.0. The third-order valence-corrected chi connectivity index (χ3v) is 8.84. The second kappa shape index (κ2) is 11.1. The number of nitro benzene ring substituents is 1. The number of fused-ring (bicyclic) bond motifs is 1. The number of nitrogens with zero attached hydrogens (tertiary/aromatic N) is 7. The zero-order chi connectivity index (χ0) is 27.6. The summed E-state index contributed by atoms with van der Waals surface area (Å²) in [6.07, 6.45) is 3.33. The number of aromatic nitrogens is 4. The first-order valence-electron chi connectivity index (χ1n) is 13.1. The van der Waals surface area contributed by atoms with Gasteiger partial charge in [0.25, 0.3) is 5.69 Å². The van der Waals surface area contributed by atoms with Crippen LogP contribution in [-0.2, 0) is 16.4 Å². The van der Waals surface area contributed by atoms with Gasteiger partial charge in [-0.15, -0.1) is 0 Å². The van der Waals surface area contributed by atoms with Crippen LogP contribution in [0.4, 0.5) is 11.5 Å². The molecule has 5 rings (SSSR count). The number of para-hydroxylation sites is 1. The molecular formula is C27H31N7O4S. The van der Waals surface area contributed by atoms with Gasteiger partial charge in [0.15, 0.2) is 5.65 Å². The van der Waals surface area contributed by atoms with Crippen LogP contribution in [0.2, 0.25) is 0 Å². The molecule has 0 unspecified atom stereocenters. The van der Waals surface area contributed by atoms with E-state index in [1.54, 1.807) is 0 Å². The molecule has 11 nitrogen and oxygen atoms in total. The molecule has 0 amide bonds. The van der Waals surface area contributed by atoms with Gasteiger partial charge in [-0.2, -0.15) is 9.40 Å².